The van der Waals surface area contributed by atoms with Gasteiger partial charge in [-0.3, -0.25) is 14.9 Å². The van der Waals surface area contributed by atoms with Gasteiger partial charge in [0.05, 0.1) is 5.69 Å². The SMILES string of the molecule is CCN(CC)C/C(N)=C/N(N)c1cccc(Nc2cccc(/C=C/c3ccncc3)c2)c1. The number of aromatic nitrogens is 1. The molecule has 3 aromatic rings. The van der Waals surface area contributed by atoms with Crippen molar-refractivity contribution in [1.82, 2.24) is 9.88 Å². The number of nitrogens with one attached hydrogen (secondary N) is 1. The van der Waals surface area contributed by atoms with Crippen LogP contribution in [-0.4, -0.2) is 29.5 Å². The molecule has 6 heteroatoms. The summed E-state index contributed by atoms with van der Waals surface area (Å²) in [6, 6.07) is 20.2. The second-order valence-electron chi connectivity index (χ2n) is 7.49. The Kier molecular flexibility index (Phi) is 8.43. The van der Waals surface area contributed by atoms with E-state index in [0.29, 0.717) is 6.54 Å². The number of likely N-dealkylation sites (N-methyl/N-ethyl adjacent to an activating group) is 1. The van der Waals surface area contributed by atoms with E-state index in [9.17, 15) is 0 Å². The number of anilines is 3. The van der Waals surface area contributed by atoms with E-state index < -0.39 is 0 Å². The molecule has 0 fully saturated rings. The Morgan fingerprint density at radius 3 is 2.28 bits per heavy atom. The monoisotopic (exact) mass is 428 g/mol. The Hall–Kier alpha value is -3.61. The molecule has 1 aromatic heterocycles. The highest BCUT2D eigenvalue weighted by Crippen LogP contribution is 2.23. The van der Waals surface area contributed by atoms with Crippen molar-refractivity contribution in [2.24, 2.45) is 11.6 Å². The van der Waals surface area contributed by atoms with Gasteiger partial charge in [0.25, 0.3) is 0 Å². The standard InChI is InChI=1S/C26H32N6/c1-3-31(4-2)19-23(27)20-32(28)26-10-6-9-25(18-26)30-24-8-5-7-22(17-24)12-11-21-13-15-29-16-14-21/h5-18,20,30H,3-4,19,27-28H2,1-2H3/b12-11+,23-20-. The largest absolute Gasteiger partial charge is 0.400 e. The van der Waals surface area contributed by atoms with Crippen molar-refractivity contribution >= 4 is 29.2 Å². The van der Waals surface area contributed by atoms with Gasteiger partial charge in [-0.2, -0.15) is 0 Å². The van der Waals surface area contributed by atoms with Crippen molar-refractivity contribution in [3.8, 4) is 0 Å². The number of hydrazine groups is 1. The third-order valence-corrected chi connectivity index (χ3v) is 5.10. The normalized spacial score (nSPS) is 11.8. The van der Waals surface area contributed by atoms with Gasteiger partial charge in [-0.1, -0.05) is 44.2 Å². The summed E-state index contributed by atoms with van der Waals surface area (Å²) in [5.41, 5.74) is 11.9. The van der Waals surface area contributed by atoms with Crippen molar-refractivity contribution in [2.45, 2.75) is 13.8 Å². The Labute approximate surface area is 190 Å². The lowest BCUT2D eigenvalue weighted by Gasteiger charge is -2.21. The lowest BCUT2D eigenvalue weighted by atomic mass is 10.1. The fourth-order valence-corrected chi connectivity index (χ4v) is 3.30. The van der Waals surface area contributed by atoms with Crippen molar-refractivity contribution < 1.29 is 0 Å². The van der Waals surface area contributed by atoms with Crippen molar-refractivity contribution in [3.05, 3.63) is 96.1 Å². The number of hydrogen-bond acceptors (Lipinski definition) is 6. The van der Waals surface area contributed by atoms with E-state index in [1.54, 1.807) is 23.6 Å². The number of nitrogens with zero attached hydrogens (tertiary/aromatic N) is 3. The van der Waals surface area contributed by atoms with Crippen LogP contribution in [0.4, 0.5) is 17.1 Å². The van der Waals surface area contributed by atoms with Gasteiger partial charge in [0.1, 0.15) is 0 Å². The van der Waals surface area contributed by atoms with Crippen LogP contribution in [0.5, 0.6) is 0 Å². The topological polar surface area (TPSA) is 83.4 Å². The molecule has 0 saturated carbocycles. The van der Waals surface area contributed by atoms with Crippen molar-refractivity contribution in [3.63, 3.8) is 0 Å². The van der Waals surface area contributed by atoms with E-state index in [1.807, 2.05) is 48.5 Å². The smallest absolute Gasteiger partial charge is 0.0589 e. The summed E-state index contributed by atoms with van der Waals surface area (Å²) in [7, 11) is 0. The van der Waals surface area contributed by atoms with E-state index in [1.165, 1.54) is 0 Å². The van der Waals surface area contributed by atoms with E-state index >= 15 is 0 Å². The van der Waals surface area contributed by atoms with Crippen molar-refractivity contribution in [1.29, 1.82) is 0 Å². The van der Waals surface area contributed by atoms with Crippen LogP contribution >= 0.6 is 0 Å². The summed E-state index contributed by atoms with van der Waals surface area (Å²) in [6.45, 7) is 6.84. The molecular weight excluding hydrogens is 396 g/mol. The van der Waals surface area contributed by atoms with Gasteiger partial charge < -0.3 is 11.1 Å². The molecule has 3 rings (SSSR count). The second kappa shape index (κ2) is 11.7. The zero-order chi connectivity index (χ0) is 22.8. The van der Waals surface area contributed by atoms with Crippen LogP contribution < -0.4 is 21.9 Å². The van der Waals surface area contributed by atoms with Crippen molar-refractivity contribution in [2.75, 3.05) is 30.0 Å². The van der Waals surface area contributed by atoms with Gasteiger partial charge in [0, 0.05) is 42.2 Å². The average molecular weight is 429 g/mol. The van der Waals surface area contributed by atoms with Gasteiger partial charge in [0.15, 0.2) is 0 Å². The molecule has 0 bridgehead atoms. The number of rotatable bonds is 10. The third-order valence-electron chi connectivity index (χ3n) is 5.10. The van der Waals surface area contributed by atoms with Crippen LogP contribution in [0.15, 0.2) is 85.0 Å². The van der Waals surface area contributed by atoms with Crippen LogP contribution in [0.1, 0.15) is 25.0 Å². The Morgan fingerprint density at radius 1 is 0.906 bits per heavy atom. The van der Waals surface area contributed by atoms with E-state index in [0.717, 1.165) is 47.0 Å². The summed E-state index contributed by atoms with van der Waals surface area (Å²) < 4.78 is 0. The molecule has 0 aliphatic carbocycles. The Balaban J connectivity index is 1.69. The summed E-state index contributed by atoms with van der Waals surface area (Å²) in [4.78, 5) is 6.29. The molecule has 0 saturated heterocycles. The molecule has 0 atom stereocenters. The van der Waals surface area contributed by atoms with Crippen LogP contribution in [0, 0.1) is 0 Å². The molecule has 0 aliphatic rings. The first-order valence-corrected chi connectivity index (χ1v) is 10.8. The zero-order valence-electron chi connectivity index (χ0n) is 18.8. The number of pyridine rings is 1. The molecule has 0 spiro atoms. The predicted molar refractivity (Wildman–Crippen MR) is 136 cm³/mol. The second-order valence-corrected chi connectivity index (χ2v) is 7.49. The summed E-state index contributed by atoms with van der Waals surface area (Å²) in [5, 5.41) is 5.02. The minimum Gasteiger partial charge on any atom is -0.400 e. The first-order valence-electron chi connectivity index (χ1n) is 10.8. The van der Waals surface area contributed by atoms with Crippen LogP contribution in [0.25, 0.3) is 12.2 Å². The van der Waals surface area contributed by atoms with Crippen LogP contribution in [0.2, 0.25) is 0 Å². The molecule has 32 heavy (non-hydrogen) atoms. The molecule has 0 unspecified atom stereocenters. The number of nitrogens with two attached hydrogens (primary N) is 2. The molecule has 5 N–H and O–H groups in total. The number of benzene rings is 2. The van der Waals surface area contributed by atoms with Gasteiger partial charge in [-0.05, 0) is 66.7 Å². The maximum atomic E-state index is 6.25. The minimum absolute atomic E-state index is 0.693. The molecule has 0 radical (unpaired) electrons. The number of hydrogen-bond donors (Lipinski definition) is 3. The quantitative estimate of drug-likeness (QED) is 0.317. The fraction of sp³-hybridized carbons (Fsp3) is 0.192. The third kappa shape index (κ3) is 6.97. The molecule has 166 valence electrons. The Morgan fingerprint density at radius 2 is 1.56 bits per heavy atom. The maximum absolute atomic E-state index is 6.25. The molecular formula is C26H32N6. The lowest BCUT2D eigenvalue weighted by molar-refractivity contribution is 0.328. The predicted octanol–water partition coefficient (Wildman–Crippen LogP) is 4.82. The van der Waals surface area contributed by atoms with Gasteiger partial charge >= 0.3 is 0 Å². The van der Waals surface area contributed by atoms with Crippen LogP contribution in [0.3, 0.4) is 0 Å². The first kappa shape index (κ1) is 23.1. The Bertz CT molecular complexity index is 1040. The summed E-state index contributed by atoms with van der Waals surface area (Å²) in [5.74, 6) is 6.25. The lowest BCUT2D eigenvalue weighted by Crippen LogP contribution is -2.31. The van der Waals surface area contributed by atoms with E-state index in [4.69, 9.17) is 11.6 Å². The average Bonchev–Trinajstić information content (AvgIpc) is 2.82. The highest BCUT2D eigenvalue weighted by atomic mass is 15.4. The summed E-state index contributed by atoms with van der Waals surface area (Å²) >= 11 is 0. The summed E-state index contributed by atoms with van der Waals surface area (Å²) in [6.07, 6.45) is 9.52. The van der Waals surface area contributed by atoms with E-state index in [-0.39, 0.29) is 0 Å². The first-order chi connectivity index (χ1) is 15.6. The molecule has 1 heterocycles. The van der Waals surface area contributed by atoms with Gasteiger partial charge in [-0.15, -0.1) is 0 Å². The van der Waals surface area contributed by atoms with E-state index in [2.05, 4.69) is 53.3 Å². The highest BCUT2D eigenvalue weighted by molar-refractivity contribution is 5.73. The van der Waals surface area contributed by atoms with Crippen LogP contribution in [-0.2, 0) is 0 Å². The molecule has 0 amide bonds. The maximum Gasteiger partial charge on any atom is 0.0589 e. The van der Waals surface area contributed by atoms with Gasteiger partial charge in [0.2, 0.25) is 0 Å². The molecule has 6 nitrogen and oxygen atoms in total. The minimum atomic E-state index is 0.693. The highest BCUT2D eigenvalue weighted by Gasteiger charge is 2.05. The zero-order valence-corrected chi connectivity index (χ0v) is 18.8. The molecule has 2 aromatic carbocycles. The fourth-order valence-electron chi connectivity index (χ4n) is 3.30. The molecule has 0 aliphatic heterocycles. The van der Waals surface area contributed by atoms with Gasteiger partial charge in [-0.25, -0.2) is 5.84 Å².